The van der Waals surface area contributed by atoms with Crippen LogP contribution in [0, 0.1) is 0 Å². The Morgan fingerprint density at radius 2 is 2.00 bits per heavy atom. The van der Waals surface area contributed by atoms with E-state index in [1.165, 1.54) is 0 Å². The maximum Gasteiger partial charge on any atom is 0.245 e. The van der Waals surface area contributed by atoms with Crippen LogP contribution in [0.15, 0.2) is 36.4 Å². The molecule has 0 radical (unpaired) electrons. The summed E-state index contributed by atoms with van der Waals surface area (Å²) in [6.45, 7) is 3.25. The quantitative estimate of drug-likeness (QED) is 0.798. The number of nitrogens with zero attached hydrogens (tertiary/aromatic N) is 2. The number of rotatable bonds is 6. The zero-order valence-electron chi connectivity index (χ0n) is 13.1. The van der Waals surface area contributed by atoms with E-state index in [4.69, 9.17) is 4.74 Å². The molecule has 118 valence electrons. The molecule has 1 aromatic carbocycles. The van der Waals surface area contributed by atoms with Crippen molar-refractivity contribution in [3.05, 3.63) is 42.0 Å². The lowest BCUT2D eigenvalue weighted by molar-refractivity contribution is -0.154. The van der Waals surface area contributed by atoms with Gasteiger partial charge in [-0.25, -0.2) is 0 Å². The van der Waals surface area contributed by atoms with Crippen molar-refractivity contribution >= 4 is 17.9 Å². The maximum atomic E-state index is 12.3. The summed E-state index contributed by atoms with van der Waals surface area (Å²) in [6, 6.07) is 9.45. The van der Waals surface area contributed by atoms with E-state index in [0.717, 1.165) is 5.56 Å². The number of methoxy groups -OCH3 is 1. The lowest BCUT2D eigenvalue weighted by Gasteiger charge is -2.38. The van der Waals surface area contributed by atoms with Crippen LogP contribution >= 0.6 is 0 Å². The Morgan fingerprint density at radius 3 is 2.68 bits per heavy atom. The second-order valence-corrected chi connectivity index (χ2v) is 5.29. The van der Waals surface area contributed by atoms with Gasteiger partial charge in [0.15, 0.2) is 0 Å². The highest BCUT2D eigenvalue weighted by atomic mass is 16.5. The predicted molar refractivity (Wildman–Crippen MR) is 85.1 cm³/mol. The van der Waals surface area contributed by atoms with Gasteiger partial charge < -0.3 is 14.5 Å². The second-order valence-electron chi connectivity index (χ2n) is 5.29. The zero-order valence-corrected chi connectivity index (χ0v) is 13.1. The fourth-order valence-corrected chi connectivity index (χ4v) is 2.46. The molecule has 0 N–H and O–H groups in total. The summed E-state index contributed by atoms with van der Waals surface area (Å²) in [5.41, 5.74) is 1.08. The molecule has 0 bridgehead atoms. The van der Waals surface area contributed by atoms with Gasteiger partial charge in [0.2, 0.25) is 11.8 Å². The van der Waals surface area contributed by atoms with Crippen molar-refractivity contribution < 1.29 is 14.3 Å². The van der Waals surface area contributed by atoms with Gasteiger partial charge in [-0.05, 0) is 12.5 Å². The minimum atomic E-state index is -0.432. The van der Waals surface area contributed by atoms with Crippen molar-refractivity contribution in [2.75, 3.05) is 33.4 Å². The summed E-state index contributed by atoms with van der Waals surface area (Å²) in [6.07, 6.45) is 3.88. The smallest absolute Gasteiger partial charge is 0.245 e. The van der Waals surface area contributed by atoms with E-state index in [1.54, 1.807) is 23.8 Å². The van der Waals surface area contributed by atoms with Crippen LogP contribution in [0.1, 0.15) is 12.5 Å². The van der Waals surface area contributed by atoms with Gasteiger partial charge in [-0.15, -0.1) is 0 Å². The van der Waals surface area contributed by atoms with Crippen molar-refractivity contribution in [2.45, 2.75) is 13.0 Å². The third-order valence-electron chi connectivity index (χ3n) is 3.76. The van der Waals surface area contributed by atoms with E-state index in [0.29, 0.717) is 19.7 Å². The molecule has 0 aromatic heterocycles. The second kappa shape index (κ2) is 7.75. The van der Waals surface area contributed by atoms with E-state index in [2.05, 4.69) is 0 Å². The molecule has 1 saturated heterocycles. The van der Waals surface area contributed by atoms with Crippen LogP contribution in [0.2, 0.25) is 0 Å². The average Bonchev–Trinajstić information content (AvgIpc) is 2.54. The first kappa shape index (κ1) is 16.2. The third kappa shape index (κ3) is 3.95. The van der Waals surface area contributed by atoms with Crippen molar-refractivity contribution in [1.82, 2.24) is 9.80 Å². The van der Waals surface area contributed by atoms with Crippen LogP contribution in [0.3, 0.4) is 0 Å². The Kier molecular flexibility index (Phi) is 5.72. The molecular formula is C17H22N2O3. The number of carbonyl (C=O) groups is 2. The van der Waals surface area contributed by atoms with Crippen molar-refractivity contribution in [3.8, 4) is 0 Å². The SMILES string of the molecule is COCCN1CC(=O)N(C/C=C/c2ccccc2)[C@@H](C)C1=O. The molecule has 1 aliphatic heterocycles. The monoisotopic (exact) mass is 302 g/mol. The highest BCUT2D eigenvalue weighted by Crippen LogP contribution is 2.13. The Labute approximate surface area is 131 Å². The van der Waals surface area contributed by atoms with Crippen LogP contribution in [-0.4, -0.2) is 61.0 Å². The number of benzene rings is 1. The van der Waals surface area contributed by atoms with Gasteiger partial charge in [-0.3, -0.25) is 9.59 Å². The molecule has 1 aromatic rings. The standard InChI is InChI=1S/C17H22N2O3/c1-14-17(21)18(11-12-22-2)13-16(20)19(14)10-6-9-15-7-4-3-5-8-15/h3-9,14H,10-13H2,1-2H3/b9-6+/t14-/m0/s1. The Morgan fingerprint density at radius 1 is 1.27 bits per heavy atom. The zero-order chi connectivity index (χ0) is 15.9. The highest BCUT2D eigenvalue weighted by molar-refractivity contribution is 5.94. The van der Waals surface area contributed by atoms with Gasteiger partial charge in [0.25, 0.3) is 0 Å². The number of ether oxygens (including phenoxy) is 1. The molecule has 0 saturated carbocycles. The number of piperazine rings is 1. The van der Waals surface area contributed by atoms with Crippen molar-refractivity contribution in [1.29, 1.82) is 0 Å². The molecule has 5 nitrogen and oxygen atoms in total. The number of carbonyl (C=O) groups excluding carboxylic acids is 2. The summed E-state index contributed by atoms with van der Waals surface area (Å²) in [4.78, 5) is 27.7. The third-order valence-corrected chi connectivity index (χ3v) is 3.76. The first-order chi connectivity index (χ1) is 10.6. The normalized spacial score (nSPS) is 19.3. The Hall–Kier alpha value is -2.14. The predicted octanol–water partition coefficient (Wildman–Crippen LogP) is 1.41. The molecule has 1 aliphatic rings. The molecular weight excluding hydrogens is 280 g/mol. The minimum Gasteiger partial charge on any atom is -0.383 e. The molecule has 1 fully saturated rings. The van der Waals surface area contributed by atoms with E-state index >= 15 is 0 Å². The molecule has 0 aliphatic carbocycles. The fourth-order valence-electron chi connectivity index (χ4n) is 2.46. The van der Waals surface area contributed by atoms with Gasteiger partial charge in [0.05, 0.1) is 13.2 Å². The topological polar surface area (TPSA) is 49.9 Å². The van der Waals surface area contributed by atoms with Gasteiger partial charge in [-0.2, -0.15) is 0 Å². The van der Waals surface area contributed by atoms with E-state index in [-0.39, 0.29) is 18.4 Å². The molecule has 5 heteroatoms. The maximum absolute atomic E-state index is 12.3. The van der Waals surface area contributed by atoms with Crippen molar-refractivity contribution in [3.63, 3.8) is 0 Å². The lowest BCUT2D eigenvalue weighted by atomic mass is 10.1. The Bertz CT molecular complexity index is 542. The Balaban J connectivity index is 1.96. The minimum absolute atomic E-state index is 0.0234. The molecule has 2 rings (SSSR count). The van der Waals surface area contributed by atoms with Gasteiger partial charge in [-0.1, -0.05) is 42.5 Å². The highest BCUT2D eigenvalue weighted by Gasteiger charge is 2.35. The van der Waals surface area contributed by atoms with Crippen LogP contribution in [0.4, 0.5) is 0 Å². The summed E-state index contributed by atoms with van der Waals surface area (Å²) in [5.74, 6) is -0.0503. The van der Waals surface area contributed by atoms with Crippen LogP contribution in [0.5, 0.6) is 0 Å². The first-order valence-corrected chi connectivity index (χ1v) is 7.42. The average molecular weight is 302 g/mol. The van der Waals surface area contributed by atoms with E-state index in [9.17, 15) is 9.59 Å². The van der Waals surface area contributed by atoms with Crippen LogP contribution < -0.4 is 0 Å². The summed E-state index contributed by atoms with van der Waals surface area (Å²) < 4.78 is 4.97. The van der Waals surface area contributed by atoms with E-state index in [1.807, 2.05) is 42.5 Å². The summed E-state index contributed by atoms with van der Waals surface area (Å²) >= 11 is 0. The van der Waals surface area contributed by atoms with Crippen LogP contribution in [-0.2, 0) is 14.3 Å². The van der Waals surface area contributed by atoms with Crippen molar-refractivity contribution in [2.24, 2.45) is 0 Å². The van der Waals surface area contributed by atoms with Crippen LogP contribution in [0.25, 0.3) is 6.08 Å². The first-order valence-electron chi connectivity index (χ1n) is 7.42. The molecule has 0 spiro atoms. The lowest BCUT2D eigenvalue weighted by Crippen LogP contribution is -2.59. The fraction of sp³-hybridized carbons (Fsp3) is 0.412. The van der Waals surface area contributed by atoms with Gasteiger partial charge in [0, 0.05) is 20.2 Å². The molecule has 1 heterocycles. The summed E-state index contributed by atoms with van der Waals surface area (Å²) in [5, 5.41) is 0. The summed E-state index contributed by atoms with van der Waals surface area (Å²) in [7, 11) is 1.58. The molecule has 22 heavy (non-hydrogen) atoms. The number of hydrogen-bond acceptors (Lipinski definition) is 3. The van der Waals surface area contributed by atoms with E-state index < -0.39 is 6.04 Å². The largest absolute Gasteiger partial charge is 0.383 e. The molecule has 2 amide bonds. The van der Waals surface area contributed by atoms with Gasteiger partial charge in [0.1, 0.15) is 6.04 Å². The number of amides is 2. The number of hydrogen-bond donors (Lipinski definition) is 0. The molecule has 1 atom stereocenters. The van der Waals surface area contributed by atoms with Gasteiger partial charge >= 0.3 is 0 Å². The molecule has 0 unspecified atom stereocenters.